The van der Waals surface area contributed by atoms with E-state index in [1.54, 1.807) is 7.11 Å². The molecule has 6 heteroatoms. The van der Waals surface area contributed by atoms with Crippen molar-refractivity contribution >= 4 is 11.9 Å². The topological polar surface area (TPSA) is 84.9 Å². The first-order valence-corrected chi connectivity index (χ1v) is 8.46. The van der Waals surface area contributed by atoms with Gasteiger partial charge in [0, 0.05) is 6.54 Å². The Morgan fingerprint density at radius 3 is 2.15 bits per heavy atom. The van der Waals surface area contributed by atoms with Gasteiger partial charge >= 0.3 is 5.97 Å². The molecule has 0 aliphatic carbocycles. The van der Waals surface area contributed by atoms with Crippen LogP contribution in [0.3, 0.4) is 0 Å². The number of benzene rings is 2. The van der Waals surface area contributed by atoms with Crippen molar-refractivity contribution in [3.8, 4) is 16.9 Å². The molecule has 0 unspecified atom stereocenters. The van der Waals surface area contributed by atoms with Crippen molar-refractivity contribution in [3.05, 3.63) is 54.1 Å². The molecule has 6 nitrogen and oxygen atoms in total. The highest BCUT2D eigenvalue weighted by molar-refractivity contribution is 5.82. The van der Waals surface area contributed by atoms with Crippen LogP contribution in [0.15, 0.2) is 48.5 Å². The van der Waals surface area contributed by atoms with Crippen molar-refractivity contribution in [2.75, 3.05) is 7.11 Å². The molecule has 136 valence electrons. The van der Waals surface area contributed by atoms with Crippen molar-refractivity contribution in [1.29, 1.82) is 0 Å². The van der Waals surface area contributed by atoms with Crippen LogP contribution < -0.4 is 10.1 Å². The molecule has 26 heavy (non-hydrogen) atoms. The molecular formula is C20H21NO5. The Labute approximate surface area is 151 Å². The van der Waals surface area contributed by atoms with Gasteiger partial charge in [-0.1, -0.05) is 36.4 Å². The molecule has 2 aromatic carbocycles. The molecule has 0 saturated carbocycles. The Bertz CT molecular complexity index is 770. The second kappa shape index (κ2) is 8.01. The Morgan fingerprint density at radius 1 is 1.04 bits per heavy atom. The maximum absolute atomic E-state index is 12.1. The molecule has 0 spiro atoms. The van der Waals surface area contributed by atoms with Crippen LogP contribution in [-0.2, 0) is 20.9 Å². The van der Waals surface area contributed by atoms with E-state index in [1.165, 1.54) is 0 Å². The zero-order valence-electron chi connectivity index (χ0n) is 14.5. The van der Waals surface area contributed by atoms with E-state index in [1.807, 2.05) is 48.5 Å². The van der Waals surface area contributed by atoms with Gasteiger partial charge < -0.3 is 19.9 Å². The average Bonchev–Trinajstić information content (AvgIpc) is 3.17. The van der Waals surface area contributed by atoms with Crippen molar-refractivity contribution in [2.24, 2.45) is 0 Å². The van der Waals surface area contributed by atoms with E-state index in [-0.39, 0.29) is 5.91 Å². The number of hydrogen-bond donors (Lipinski definition) is 2. The first-order valence-electron chi connectivity index (χ1n) is 8.46. The summed E-state index contributed by atoms with van der Waals surface area (Å²) in [4.78, 5) is 23.0. The van der Waals surface area contributed by atoms with Crippen LogP contribution in [0.2, 0.25) is 0 Å². The first kappa shape index (κ1) is 17.9. The third-order valence-electron chi connectivity index (χ3n) is 4.43. The van der Waals surface area contributed by atoms with Gasteiger partial charge in [-0.2, -0.15) is 0 Å². The second-order valence-electron chi connectivity index (χ2n) is 6.17. The predicted molar refractivity (Wildman–Crippen MR) is 95.8 cm³/mol. The lowest BCUT2D eigenvalue weighted by Crippen LogP contribution is -2.35. The van der Waals surface area contributed by atoms with E-state index in [0.717, 1.165) is 22.4 Å². The van der Waals surface area contributed by atoms with E-state index in [0.29, 0.717) is 19.4 Å². The maximum Gasteiger partial charge on any atom is 0.332 e. The Hall–Kier alpha value is -2.86. The van der Waals surface area contributed by atoms with Crippen LogP contribution in [0.4, 0.5) is 0 Å². The summed E-state index contributed by atoms with van der Waals surface area (Å²) in [5.41, 5.74) is 3.12. The Kier molecular flexibility index (Phi) is 5.53. The lowest BCUT2D eigenvalue weighted by atomic mass is 10.0. The smallest absolute Gasteiger partial charge is 0.332 e. The van der Waals surface area contributed by atoms with E-state index >= 15 is 0 Å². The van der Waals surface area contributed by atoms with Gasteiger partial charge in [0.2, 0.25) is 5.91 Å². The number of methoxy groups -OCH3 is 1. The second-order valence-corrected chi connectivity index (χ2v) is 6.17. The maximum atomic E-state index is 12.1. The molecule has 1 amide bonds. The zero-order chi connectivity index (χ0) is 18.5. The van der Waals surface area contributed by atoms with Crippen LogP contribution in [-0.4, -0.2) is 36.3 Å². The predicted octanol–water partition coefficient (Wildman–Crippen LogP) is 2.61. The summed E-state index contributed by atoms with van der Waals surface area (Å²) in [6, 6.07) is 15.7. The van der Waals surface area contributed by atoms with Crippen molar-refractivity contribution in [3.63, 3.8) is 0 Å². The van der Waals surface area contributed by atoms with Gasteiger partial charge in [0.25, 0.3) is 0 Å². The number of amides is 1. The average molecular weight is 355 g/mol. The molecule has 2 N–H and O–H groups in total. The van der Waals surface area contributed by atoms with Gasteiger partial charge in [-0.15, -0.1) is 0 Å². The van der Waals surface area contributed by atoms with E-state index in [9.17, 15) is 9.59 Å². The highest BCUT2D eigenvalue weighted by Crippen LogP contribution is 2.23. The molecule has 1 heterocycles. The van der Waals surface area contributed by atoms with E-state index < -0.39 is 18.2 Å². The summed E-state index contributed by atoms with van der Waals surface area (Å²) in [7, 11) is 1.64. The number of aliphatic carboxylic acids is 1. The lowest BCUT2D eigenvalue weighted by molar-refractivity contribution is -0.151. The third-order valence-corrected chi connectivity index (χ3v) is 4.43. The van der Waals surface area contributed by atoms with Crippen molar-refractivity contribution < 1.29 is 24.2 Å². The minimum absolute atomic E-state index is 0.270. The van der Waals surface area contributed by atoms with Crippen LogP contribution in [0.1, 0.15) is 18.4 Å². The lowest BCUT2D eigenvalue weighted by Gasteiger charge is -2.12. The minimum Gasteiger partial charge on any atom is -0.497 e. The minimum atomic E-state index is -1.02. The number of carboxylic acids is 1. The van der Waals surface area contributed by atoms with Gasteiger partial charge in [0.1, 0.15) is 11.9 Å². The fourth-order valence-electron chi connectivity index (χ4n) is 2.91. The van der Waals surface area contributed by atoms with Crippen LogP contribution >= 0.6 is 0 Å². The monoisotopic (exact) mass is 355 g/mol. The van der Waals surface area contributed by atoms with Gasteiger partial charge in [-0.05, 0) is 41.7 Å². The van der Waals surface area contributed by atoms with Gasteiger partial charge in [-0.25, -0.2) is 4.79 Å². The molecule has 0 aromatic heterocycles. The first-order chi connectivity index (χ1) is 12.6. The molecule has 0 bridgehead atoms. The summed E-state index contributed by atoms with van der Waals surface area (Å²) in [5, 5.41) is 11.7. The number of ether oxygens (including phenoxy) is 2. The molecule has 2 aromatic rings. The van der Waals surface area contributed by atoms with Crippen LogP contribution in [0, 0.1) is 0 Å². The van der Waals surface area contributed by atoms with Gasteiger partial charge in [-0.3, -0.25) is 4.79 Å². The Morgan fingerprint density at radius 2 is 1.62 bits per heavy atom. The fraction of sp³-hybridized carbons (Fsp3) is 0.300. The molecule has 1 saturated heterocycles. The quantitative estimate of drug-likeness (QED) is 0.832. The number of rotatable bonds is 6. The number of carbonyl (C=O) groups is 2. The number of carbonyl (C=O) groups excluding carboxylic acids is 1. The number of carboxylic acid groups (broad SMARTS) is 1. The number of nitrogens with one attached hydrogen (secondary N) is 1. The summed E-state index contributed by atoms with van der Waals surface area (Å²) in [5.74, 6) is -0.477. The summed E-state index contributed by atoms with van der Waals surface area (Å²) < 4.78 is 10.4. The van der Waals surface area contributed by atoms with Crippen LogP contribution in [0.25, 0.3) is 11.1 Å². The highest BCUT2D eigenvalue weighted by Gasteiger charge is 2.34. The van der Waals surface area contributed by atoms with Gasteiger partial charge in [0.15, 0.2) is 6.10 Å². The molecular weight excluding hydrogens is 334 g/mol. The van der Waals surface area contributed by atoms with Gasteiger partial charge in [0.05, 0.1) is 7.11 Å². The summed E-state index contributed by atoms with van der Waals surface area (Å²) in [6.07, 6.45) is -0.771. The molecule has 2 atom stereocenters. The fourth-order valence-corrected chi connectivity index (χ4v) is 2.91. The summed E-state index contributed by atoms with van der Waals surface area (Å²) >= 11 is 0. The zero-order valence-corrected chi connectivity index (χ0v) is 14.5. The number of hydrogen-bond acceptors (Lipinski definition) is 4. The standard InChI is InChI=1S/C20H21NO5/c1-25-16-8-6-15(7-9-16)14-4-2-13(3-5-14)12-21-19(22)17-10-11-18(26-17)20(23)24/h2-9,17-18H,10-12H2,1H3,(H,21,22)(H,23,24)/t17-,18+/m0/s1. The largest absolute Gasteiger partial charge is 0.497 e. The SMILES string of the molecule is COc1ccc(-c2ccc(CNC(=O)[C@@H]3CC[C@H](C(=O)O)O3)cc2)cc1. The normalized spacial score (nSPS) is 19.1. The van der Waals surface area contributed by atoms with E-state index in [4.69, 9.17) is 14.6 Å². The summed E-state index contributed by atoms with van der Waals surface area (Å²) in [6.45, 7) is 0.374. The molecule has 1 aliphatic heterocycles. The molecule has 1 aliphatic rings. The molecule has 3 rings (SSSR count). The van der Waals surface area contributed by atoms with Crippen molar-refractivity contribution in [1.82, 2.24) is 5.32 Å². The third kappa shape index (κ3) is 4.21. The highest BCUT2D eigenvalue weighted by atomic mass is 16.5. The van der Waals surface area contributed by atoms with Crippen molar-refractivity contribution in [2.45, 2.75) is 31.6 Å². The van der Waals surface area contributed by atoms with E-state index in [2.05, 4.69) is 5.32 Å². The molecule has 0 radical (unpaired) electrons. The van der Waals surface area contributed by atoms with Crippen LogP contribution in [0.5, 0.6) is 5.75 Å². The molecule has 1 fully saturated rings. The Balaban J connectivity index is 1.54.